The quantitative estimate of drug-likeness (QED) is 0.168. The lowest BCUT2D eigenvalue weighted by atomic mass is 9.96. The average molecular weight is 609 g/mol. The van der Waals surface area contributed by atoms with E-state index in [4.69, 9.17) is 9.26 Å². The smallest absolute Gasteiger partial charge is 0.412 e. The molecule has 0 aliphatic heterocycles. The molecule has 0 saturated heterocycles. The fraction of sp³-hybridized carbons (Fsp3) is 0.552. The van der Waals surface area contributed by atoms with Gasteiger partial charge in [-0.3, -0.25) is 24.0 Å². The highest BCUT2D eigenvalue weighted by molar-refractivity contribution is 7.58. The summed E-state index contributed by atoms with van der Waals surface area (Å²) in [5.41, 5.74) is 0.618. The number of carbonyl (C=O) groups excluding carboxylic acids is 3. The van der Waals surface area contributed by atoms with E-state index in [9.17, 15) is 29.2 Å². The second kappa shape index (κ2) is 16.2. The van der Waals surface area contributed by atoms with Gasteiger partial charge in [0.2, 0.25) is 25.1 Å². The van der Waals surface area contributed by atoms with Crippen molar-refractivity contribution in [2.75, 3.05) is 25.1 Å². The predicted molar refractivity (Wildman–Crippen MR) is 161 cm³/mol. The van der Waals surface area contributed by atoms with Crippen LogP contribution in [0.3, 0.4) is 0 Å². The van der Waals surface area contributed by atoms with E-state index in [1.165, 1.54) is 7.05 Å². The van der Waals surface area contributed by atoms with Crippen molar-refractivity contribution in [2.24, 2.45) is 17.8 Å². The first-order valence-corrected chi connectivity index (χ1v) is 16.1. The number of anilines is 1. The second-order valence-electron chi connectivity index (χ2n) is 11.0. The Kier molecular flexibility index (Phi) is 13.4. The van der Waals surface area contributed by atoms with Crippen LogP contribution in [0.25, 0.3) is 0 Å². The van der Waals surface area contributed by atoms with Gasteiger partial charge in [0, 0.05) is 25.2 Å². The molecule has 0 bridgehead atoms. The molecule has 2 rings (SSSR count). The molecule has 2 aromatic rings. The van der Waals surface area contributed by atoms with Crippen LogP contribution in [0.15, 0.2) is 36.4 Å². The van der Waals surface area contributed by atoms with Crippen molar-refractivity contribution in [3.8, 4) is 11.8 Å². The predicted octanol–water partition coefficient (Wildman–Crippen LogP) is 4.86. The molecule has 0 aliphatic carbocycles. The van der Waals surface area contributed by atoms with E-state index in [2.05, 4.69) is 16.0 Å². The van der Waals surface area contributed by atoms with Crippen LogP contribution in [0.2, 0.25) is 0 Å². The van der Waals surface area contributed by atoms with Crippen LogP contribution in [-0.2, 0) is 36.3 Å². The molecule has 3 amide bonds. The summed E-state index contributed by atoms with van der Waals surface area (Å²) in [4.78, 5) is 38.1. The molecule has 13 heteroatoms. The molecule has 0 aliphatic rings. The van der Waals surface area contributed by atoms with E-state index in [1.54, 1.807) is 31.2 Å². The number of hydrogen-bond acceptors (Lipinski definition) is 8. The molecule has 0 spiro atoms. The molecule has 12 nitrogen and oxygen atoms in total. The van der Waals surface area contributed by atoms with Crippen molar-refractivity contribution >= 4 is 31.0 Å². The molecule has 1 aromatic carbocycles. The Morgan fingerprint density at radius 1 is 1.00 bits per heavy atom. The zero-order valence-electron chi connectivity index (χ0n) is 25.3. The van der Waals surface area contributed by atoms with Gasteiger partial charge in [0.15, 0.2) is 5.88 Å². The third kappa shape index (κ3) is 10.7. The number of amides is 3. The number of rotatable bonds is 16. The lowest BCUT2D eigenvalue weighted by Gasteiger charge is -2.27. The summed E-state index contributed by atoms with van der Waals surface area (Å²) in [5.74, 6) is -2.33. The second-order valence-corrected chi connectivity index (χ2v) is 13.6. The highest BCUT2D eigenvalue weighted by Gasteiger charge is 2.35. The minimum atomic E-state index is -3.70. The Hall–Kier alpha value is -3.50. The Morgan fingerprint density at radius 2 is 1.64 bits per heavy atom. The van der Waals surface area contributed by atoms with Crippen molar-refractivity contribution in [1.82, 2.24) is 15.2 Å². The van der Waals surface area contributed by atoms with Crippen molar-refractivity contribution in [2.45, 2.75) is 66.4 Å². The summed E-state index contributed by atoms with van der Waals surface area (Å²) in [6, 6.07) is 9.36. The maximum atomic E-state index is 14.1. The number of aromatic nitrogens is 1. The number of carbonyl (C=O) groups is 3. The molecular weight excluding hydrogens is 563 g/mol. The van der Waals surface area contributed by atoms with Gasteiger partial charge in [-0.15, -0.1) is 0 Å². The molecule has 0 fully saturated rings. The standard InChI is InChI=1S/C29H45N4O8P/c1-7-41-42(39,17-22(13-19(2)3)26(35)31-23(14-20(4)5)27(36)30-6)18-33-25(34)15-24(28(33)37)32-29(38)40-16-21-11-9-8-10-12-21/h8-12,15,19-20,22-23,34,37H,7,13-14,16-18H2,1-6H3,(H,30,36)(H,31,35)(H,32,38)/t22?,23-,42?/m0/s1. The van der Waals surface area contributed by atoms with Crippen LogP contribution in [0.4, 0.5) is 10.5 Å². The maximum absolute atomic E-state index is 14.1. The number of nitrogens with zero attached hydrogens (tertiary/aromatic N) is 1. The van der Waals surface area contributed by atoms with Crippen LogP contribution < -0.4 is 16.0 Å². The molecule has 3 atom stereocenters. The first kappa shape index (κ1) is 34.7. The fourth-order valence-corrected chi connectivity index (χ4v) is 7.03. The first-order chi connectivity index (χ1) is 19.8. The Morgan fingerprint density at radius 3 is 2.21 bits per heavy atom. The maximum Gasteiger partial charge on any atom is 0.412 e. The third-order valence-electron chi connectivity index (χ3n) is 6.43. The topological polar surface area (TPSA) is 168 Å². The minimum Gasteiger partial charge on any atom is -0.494 e. The molecule has 42 heavy (non-hydrogen) atoms. The lowest BCUT2D eigenvalue weighted by Crippen LogP contribution is -2.49. The molecule has 1 aromatic heterocycles. The van der Waals surface area contributed by atoms with Gasteiger partial charge in [0.1, 0.15) is 24.6 Å². The van der Waals surface area contributed by atoms with Gasteiger partial charge in [-0.05, 0) is 37.2 Å². The van der Waals surface area contributed by atoms with Gasteiger partial charge in [0.05, 0.1) is 6.61 Å². The lowest BCUT2D eigenvalue weighted by molar-refractivity contribution is -0.131. The number of benzene rings is 1. The van der Waals surface area contributed by atoms with Crippen LogP contribution in [0.5, 0.6) is 11.8 Å². The summed E-state index contributed by atoms with van der Waals surface area (Å²) in [5, 5.41) is 29.1. The average Bonchev–Trinajstić information content (AvgIpc) is 3.17. The van der Waals surface area contributed by atoms with Gasteiger partial charge in [0.25, 0.3) is 0 Å². The minimum absolute atomic E-state index is 0.00306. The van der Waals surface area contributed by atoms with Crippen LogP contribution >= 0.6 is 7.37 Å². The Labute approximate surface area is 247 Å². The van der Waals surface area contributed by atoms with E-state index < -0.39 is 49.4 Å². The van der Waals surface area contributed by atoms with Crippen molar-refractivity contribution in [3.05, 3.63) is 42.0 Å². The van der Waals surface area contributed by atoms with Gasteiger partial charge in [-0.25, -0.2) is 4.79 Å². The molecule has 0 saturated carbocycles. The Bertz CT molecular complexity index is 1230. The molecule has 2 unspecified atom stereocenters. The van der Waals surface area contributed by atoms with Crippen molar-refractivity contribution < 1.29 is 38.4 Å². The summed E-state index contributed by atoms with van der Waals surface area (Å²) in [7, 11) is -2.20. The third-order valence-corrected chi connectivity index (χ3v) is 8.87. The van der Waals surface area contributed by atoms with Gasteiger partial charge < -0.3 is 30.1 Å². The number of hydrogen-bond donors (Lipinski definition) is 5. The zero-order chi connectivity index (χ0) is 31.4. The van der Waals surface area contributed by atoms with Gasteiger partial charge >= 0.3 is 6.09 Å². The highest BCUT2D eigenvalue weighted by Crippen LogP contribution is 2.53. The van der Waals surface area contributed by atoms with E-state index in [-0.39, 0.29) is 42.8 Å². The molecule has 234 valence electrons. The summed E-state index contributed by atoms with van der Waals surface area (Å²) in [6.07, 6.45) is -0.704. The largest absolute Gasteiger partial charge is 0.494 e. The number of ether oxygens (including phenoxy) is 1. The number of aromatic hydroxyl groups is 2. The zero-order valence-corrected chi connectivity index (χ0v) is 26.1. The summed E-state index contributed by atoms with van der Waals surface area (Å²) < 4.78 is 25.9. The van der Waals surface area contributed by atoms with E-state index in [1.807, 2.05) is 33.8 Å². The Balaban J connectivity index is 2.23. The molecular formula is C29H45N4O8P. The normalized spacial score (nSPS) is 14.2. The highest BCUT2D eigenvalue weighted by atomic mass is 31.2. The number of nitrogens with one attached hydrogen (secondary N) is 3. The van der Waals surface area contributed by atoms with E-state index in [0.717, 1.165) is 16.2 Å². The molecule has 0 radical (unpaired) electrons. The van der Waals surface area contributed by atoms with Crippen LogP contribution in [-0.4, -0.2) is 58.5 Å². The summed E-state index contributed by atoms with van der Waals surface area (Å²) >= 11 is 0. The van der Waals surface area contributed by atoms with Gasteiger partial charge in [-0.1, -0.05) is 58.0 Å². The monoisotopic (exact) mass is 608 g/mol. The molecule has 5 N–H and O–H groups in total. The first-order valence-electron chi connectivity index (χ1n) is 14.1. The molecule has 1 heterocycles. The van der Waals surface area contributed by atoms with E-state index in [0.29, 0.717) is 12.8 Å². The van der Waals surface area contributed by atoms with Crippen molar-refractivity contribution in [3.63, 3.8) is 0 Å². The van der Waals surface area contributed by atoms with Crippen LogP contribution in [0.1, 0.15) is 53.0 Å². The summed E-state index contributed by atoms with van der Waals surface area (Å²) in [6.45, 7) is 9.44. The van der Waals surface area contributed by atoms with E-state index >= 15 is 0 Å². The van der Waals surface area contributed by atoms with Crippen LogP contribution in [0, 0.1) is 17.8 Å². The SMILES string of the molecule is CCOP(=O)(CC(CC(C)C)C(=O)N[C@@H](CC(C)C)C(=O)NC)Cn1c(O)cc(NC(=O)OCc2ccccc2)c1O. The van der Waals surface area contributed by atoms with Gasteiger partial charge in [-0.2, -0.15) is 0 Å². The fourth-order valence-electron chi connectivity index (χ4n) is 4.56. The number of likely N-dealkylation sites (N-methyl/N-ethyl adjacent to an activating group) is 1. The van der Waals surface area contributed by atoms with Crippen molar-refractivity contribution in [1.29, 1.82) is 0 Å².